The summed E-state index contributed by atoms with van der Waals surface area (Å²) in [4.78, 5) is 10.1. The molecule has 0 N–H and O–H groups in total. The number of alkyl halides is 1. The van der Waals surface area contributed by atoms with Gasteiger partial charge in [0.2, 0.25) is 0 Å². The van der Waals surface area contributed by atoms with Gasteiger partial charge in [-0.2, -0.15) is 0 Å². The Kier molecular flexibility index (Phi) is 4.37. The quantitative estimate of drug-likeness (QED) is 0.338. The first-order chi connectivity index (χ1) is 7.15. The van der Waals surface area contributed by atoms with Gasteiger partial charge in [-0.05, 0) is 25.5 Å². The molecule has 4 nitrogen and oxygen atoms in total. The van der Waals surface area contributed by atoms with Crippen LogP contribution in [0.5, 0.6) is 5.75 Å². The molecular weight excluding hydrogens is 218 g/mol. The molecule has 0 saturated heterocycles. The van der Waals surface area contributed by atoms with E-state index in [-0.39, 0.29) is 5.69 Å². The summed E-state index contributed by atoms with van der Waals surface area (Å²) in [5.74, 6) is 1.19. The molecule has 0 aliphatic heterocycles. The third-order valence-electron chi connectivity index (χ3n) is 1.91. The molecule has 0 amide bonds. The van der Waals surface area contributed by atoms with Crippen molar-refractivity contribution in [3.63, 3.8) is 0 Å². The van der Waals surface area contributed by atoms with Crippen LogP contribution in [0.2, 0.25) is 0 Å². The second-order valence-electron chi connectivity index (χ2n) is 3.10. The minimum Gasteiger partial charge on any atom is -0.494 e. The lowest BCUT2D eigenvalue weighted by atomic mass is 10.2. The Hall–Kier alpha value is -1.29. The zero-order valence-electron chi connectivity index (χ0n) is 8.40. The van der Waals surface area contributed by atoms with Crippen LogP contribution in [-0.2, 0) is 0 Å². The van der Waals surface area contributed by atoms with E-state index in [1.165, 1.54) is 6.07 Å². The smallest absolute Gasteiger partial charge is 0.272 e. The van der Waals surface area contributed by atoms with E-state index in [1.54, 1.807) is 19.1 Å². The highest BCUT2D eigenvalue weighted by molar-refractivity contribution is 6.17. The fraction of sp³-hybridized carbons (Fsp3) is 0.400. The molecule has 82 valence electrons. The number of benzene rings is 1. The molecule has 1 rings (SSSR count). The van der Waals surface area contributed by atoms with E-state index >= 15 is 0 Å². The van der Waals surface area contributed by atoms with Gasteiger partial charge in [0.25, 0.3) is 5.69 Å². The topological polar surface area (TPSA) is 52.4 Å². The lowest BCUT2D eigenvalue weighted by Gasteiger charge is -2.05. The van der Waals surface area contributed by atoms with E-state index in [0.29, 0.717) is 23.8 Å². The SMILES string of the molecule is Cc1cc(OCCCCl)ccc1[N+](=O)[O-]. The van der Waals surface area contributed by atoms with Crippen LogP contribution in [0.1, 0.15) is 12.0 Å². The molecule has 0 spiro atoms. The van der Waals surface area contributed by atoms with Gasteiger partial charge in [0.1, 0.15) is 5.75 Å². The summed E-state index contributed by atoms with van der Waals surface area (Å²) in [5, 5.41) is 10.5. The minimum atomic E-state index is -0.405. The number of ether oxygens (including phenoxy) is 1. The Labute approximate surface area is 93.0 Å². The second-order valence-corrected chi connectivity index (χ2v) is 3.47. The fourth-order valence-corrected chi connectivity index (χ4v) is 1.28. The Morgan fingerprint density at radius 1 is 1.53 bits per heavy atom. The number of hydrogen-bond donors (Lipinski definition) is 0. The number of nitro benzene ring substituents is 1. The maximum absolute atomic E-state index is 10.5. The van der Waals surface area contributed by atoms with E-state index in [2.05, 4.69) is 0 Å². The van der Waals surface area contributed by atoms with Crippen molar-refractivity contribution in [2.45, 2.75) is 13.3 Å². The molecule has 0 aliphatic rings. The number of hydrogen-bond acceptors (Lipinski definition) is 3. The zero-order valence-corrected chi connectivity index (χ0v) is 9.16. The Morgan fingerprint density at radius 2 is 2.27 bits per heavy atom. The summed E-state index contributed by atoms with van der Waals surface area (Å²) >= 11 is 5.50. The van der Waals surface area contributed by atoms with E-state index in [1.807, 2.05) is 0 Å². The molecule has 0 bridgehead atoms. The predicted octanol–water partition coefficient (Wildman–Crippen LogP) is 2.91. The number of nitrogens with zero attached hydrogens (tertiary/aromatic N) is 1. The van der Waals surface area contributed by atoms with Crippen molar-refractivity contribution in [3.05, 3.63) is 33.9 Å². The average molecular weight is 230 g/mol. The highest BCUT2D eigenvalue weighted by Gasteiger charge is 2.10. The van der Waals surface area contributed by atoms with Crippen LogP contribution in [-0.4, -0.2) is 17.4 Å². The predicted molar refractivity (Wildman–Crippen MR) is 58.7 cm³/mol. The first-order valence-corrected chi connectivity index (χ1v) is 5.12. The van der Waals surface area contributed by atoms with Gasteiger partial charge in [-0.15, -0.1) is 11.6 Å². The number of nitro groups is 1. The summed E-state index contributed by atoms with van der Waals surface area (Å²) < 4.78 is 5.35. The van der Waals surface area contributed by atoms with Crippen molar-refractivity contribution in [2.24, 2.45) is 0 Å². The van der Waals surface area contributed by atoms with Gasteiger partial charge in [-0.25, -0.2) is 0 Å². The Balaban J connectivity index is 2.69. The van der Waals surface area contributed by atoms with Gasteiger partial charge >= 0.3 is 0 Å². The molecule has 0 heterocycles. The number of rotatable bonds is 5. The maximum atomic E-state index is 10.5. The molecule has 0 atom stereocenters. The third-order valence-corrected chi connectivity index (χ3v) is 2.18. The highest BCUT2D eigenvalue weighted by atomic mass is 35.5. The normalized spacial score (nSPS) is 10.0. The molecule has 0 unspecified atom stereocenters. The Morgan fingerprint density at radius 3 is 2.80 bits per heavy atom. The molecule has 15 heavy (non-hydrogen) atoms. The Bertz CT molecular complexity index is 355. The molecular formula is C10H12ClNO3. The lowest BCUT2D eigenvalue weighted by molar-refractivity contribution is -0.385. The van der Waals surface area contributed by atoms with E-state index in [0.717, 1.165) is 6.42 Å². The summed E-state index contributed by atoms with van der Waals surface area (Å²) in [6.07, 6.45) is 0.761. The van der Waals surface area contributed by atoms with Gasteiger partial charge in [-0.3, -0.25) is 10.1 Å². The maximum Gasteiger partial charge on any atom is 0.272 e. The van der Waals surface area contributed by atoms with E-state index in [4.69, 9.17) is 16.3 Å². The van der Waals surface area contributed by atoms with Crippen molar-refractivity contribution in [2.75, 3.05) is 12.5 Å². The first-order valence-electron chi connectivity index (χ1n) is 4.59. The van der Waals surface area contributed by atoms with Gasteiger partial charge < -0.3 is 4.74 Å². The van der Waals surface area contributed by atoms with Crippen molar-refractivity contribution in [3.8, 4) is 5.75 Å². The monoisotopic (exact) mass is 229 g/mol. The summed E-state index contributed by atoms with van der Waals surface area (Å²) in [6, 6.07) is 4.71. The minimum absolute atomic E-state index is 0.111. The second kappa shape index (κ2) is 5.56. The van der Waals surface area contributed by atoms with Crippen molar-refractivity contribution >= 4 is 17.3 Å². The standard InChI is InChI=1S/C10H12ClNO3/c1-8-7-9(15-6-2-5-11)3-4-10(8)12(13)14/h3-4,7H,2,5-6H2,1H3. The van der Waals surface area contributed by atoms with E-state index < -0.39 is 4.92 Å². The third kappa shape index (κ3) is 3.40. The van der Waals surface area contributed by atoms with Gasteiger partial charge in [0.15, 0.2) is 0 Å². The van der Waals surface area contributed by atoms with Gasteiger partial charge in [0.05, 0.1) is 11.5 Å². The van der Waals surface area contributed by atoms with Crippen molar-refractivity contribution in [1.82, 2.24) is 0 Å². The lowest BCUT2D eigenvalue weighted by Crippen LogP contribution is -1.99. The molecule has 0 aromatic heterocycles. The molecule has 1 aromatic carbocycles. The van der Waals surface area contributed by atoms with Crippen LogP contribution in [0.15, 0.2) is 18.2 Å². The highest BCUT2D eigenvalue weighted by Crippen LogP contribution is 2.22. The van der Waals surface area contributed by atoms with Crippen LogP contribution in [0.25, 0.3) is 0 Å². The molecule has 0 aliphatic carbocycles. The van der Waals surface area contributed by atoms with Crippen LogP contribution >= 0.6 is 11.6 Å². The first kappa shape index (κ1) is 11.8. The fourth-order valence-electron chi connectivity index (χ4n) is 1.17. The molecule has 0 saturated carbocycles. The number of halogens is 1. The average Bonchev–Trinajstić information content (AvgIpc) is 2.17. The summed E-state index contributed by atoms with van der Waals surface area (Å²) in [6.45, 7) is 2.22. The summed E-state index contributed by atoms with van der Waals surface area (Å²) in [5.41, 5.74) is 0.711. The van der Waals surface area contributed by atoms with Gasteiger partial charge in [-0.1, -0.05) is 0 Å². The number of aryl methyl sites for hydroxylation is 1. The largest absolute Gasteiger partial charge is 0.494 e. The van der Waals surface area contributed by atoms with E-state index in [9.17, 15) is 10.1 Å². The zero-order chi connectivity index (χ0) is 11.3. The summed E-state index contributed by atoms with van der Waals surface area (Å²) in [7, 11) is 0. The molecule has 1 aromatic rings. The molecule has 0 fully saturated rings. The van der Waals surface area contributed by atoms with Crippen LogP contribution < -0.4 is 4.74 Å². The van der Waals surface area contributed by atoms with Gasteiger partial charge in [0, 0.05) is 17.5 Å². The van der Waals surface area contributed by atoms with Crippen LogP contribution in [0.4, 0.5) is 5.69 Å². The van der Waals surface area contributed by atoms with Crippen molar-refractivity contribution < 1.29 is 9.66 Å². The molecule has 5 heteroatoms. The molecule has 0 radical (unpaired) electrons. The van der Waals surface area contributed by atoms with Crippen molar-refractivity contribution in [1.29, 1.82) is 0 Å². The van der Waals surface area contributed by atoms with Crippen LogP contribution in [0.3, 0.4) is 0 Å². The van der Waals surface area contributed by atoms with Crippen LogP contribution in [0, 0.1) is 17.0 Å².